The summed E-state index contributed by atoms with van der Waals surface area (Å²) in [6.07, 6.45) is 32.5. The van der Waals surface area contributed by atoms with Gasteiger partial charge in [0.15, 0.2) is 6.10 Å². The molecule has 0 aliphatic carbocycles. The molecule has 0 saturated heterocycles. The lowest BCUT2D eigenvalue weighted by Gasteiger charge is -2.24. The number of phosphoric ester groups is 1. The highest BCUT2D eigenvalue weighted by Gasteiger charge is 2.27. The molecule has 0 aromatic carbocycles. The van der Waals surface area contributed by atoms with Crippen molar-refractivity contribution in [2.24, 2.45) is 0 Å². The fraction of sp³-hybridized carbons (Fsp3) is 0.900. The van der Waals surface area contributed by atoms with Gasteiger partial charge in [-0.05, 0) is 32.1 Å². The topological polar surface area (TPSA) is 108 Å². The number of carbonyl (C=O) groups excluding carboxylic acids is 2. The molecule has 0 spiro atoms. The minimum Gasteiger partial charge on any atom is -0.462 e. The van der Waals surface area contributed by atoms with Crippen LogP contribution in [0.25, 0.3) is 0 Å². The molecule has 0 heterocycles. The molecule has 0 rings (SSSR count). The third kappa shape index (κ3) is 36.5. The van der Waals surface area contributed by atoms with E-state index in [0.717, 1.165) is 38.5 Å². The molecule has 9 nitrogen and oxygen atoms in total. The zero-order valence-electron chi connectivity index (χ0n) is 33.1. The van der Waals surface area contributed by atoms with Crippen molar-refractivity contribution in [3.63, 3.8) is 0 Å². The first-order valence-corrected chi connectivity index (χ1v) is 21.9. The van der Waals surface area contributed by atoms with Gasteiger partial charge in [-0.1, -0.05) is 148 Å². The normalized spacial score (nSPS) is 13.8. The average Bonchev–Trinajstić information content (AvgIpc) is 3.06. The maximum atomic E-state index is 12.6. The van der Waals surface area contributed by atoms with Gasteiger partial charge in [0.2, 0.25) is 0 Å². The molecule has 0 amide bonds. The van der Waals surface area contributed by atoms with Crippen LogP contribution in [-0.4, -0.2) is 74.9 Å². The van der Waals surface area contributed by atoms with Crippen molar-refractivity contribution < 1.29 is 42.1 Å². The molecule has 10 heteroatoms. The molecule has 296 valence electrons. The number of phosphoric acid groups is 1. The lowest BCUT2D eigenvalue weighted by Crippen LogP contribution is -2.37. The second-order valence-electron chi connectivity index (χ2n) is 15.0. The van der Waals surface area contributed by atoms with Gasteiger partial charge in [-0.15, -0.1) is 0 Å². The molecule has 50 heavy (non-hydrogen) atoms. The second kappa shape index (κ2) is 33.6. The Labute approximate surface area is 307 Å². The zero-order valence-corrected chi connectivity index (χ0v) is 34.0. The maximum Gasteiger partial charge on any atom is 0.472 e. The SMILES string of the molecule is CCCC/C=C/CCCCCCCCCCCC(=O)O[C@H](COC(=O)CCCCCCCCCCCCC)COP(=O)(O)OCC[N+](C)(C)C. The van der Waals surface area contributed by atoms with Crippen LogP contribution in [0.2, 0.25) is 0 Å². The summed E-state index contributed by atoms with van der Waals surface area (Å²) in [5.74, 6) is -0.796. The number of nitrogens with zero attached hydrogens (tertiary/aromatic N) is 1. The Balaban J connectivity index is 4.38. The highest BCUT2D eigenvalue weighted by Crippen LogP contribution is 2.43. The van der Waals surface area contributed by atoms with E-state index >= 15 is 0 Å². The molecule has 0 aromatic heterocycles. The number of rotatable bonds is 37. The van der Waals surface area contributed by atoms with Gasteiger partial charge in [-0.3, -0.25) is 18.6 Å². The van der Waals surface area contributed by atoms with E-state index in [1.165, 1.54) is 109 Å². The highest BCUT2D eigenvalue weighted by molar-refractivity contribution is 7.47. The predicted octanol–water partition coefficient (Wildman–Crippen LogP) is 11.0. The second-order valence-corrected chi connectivity index (χ2v) is 16.5. The van der Waals surface area contributed by atoms with Crippen molar-refractivity contribution in [1.82, 2.24) is 0 Å². The fourth-order valence-electron chi connectivity index (χ4n) is 5.52. The summed E-state index contributed by atoms with van der Waals surface area (Å²) in [6, 6.07) is 0. The van der Waals surface area contributed by atoms with E-state index in [-0.39, 0.29) is 25.6 Å². The first-order valence-electron chi connectivity index (χ1n) is 20.4. The van der Waals surface area contributed by atoms with Crippen LogP contribution in [0, 0.1) is 0 Å². The number of esters is 2. The van der Waals surface area contributed by atoms with Gasteiger partial charge >= 0.3 is 19.8 Å². The number of allylic oxidation sites excluding steroid dienone is 2. The Morgan fingerprint density at radius 1 is 0.600 bits per heavy atom. The van der Waals surface area contributed by atoms with Gasteiger partial charge < -0.3 is 18.9 Å². The molecule has 0 aliphatic heterocycles. The first kappa shape index (κ1) is 48.8. The van der Waals surface area contributed by atoms with Crippen molar-refractivity contribution in [3.05, 3.63) is 12.2 Å². The molecule has 0 bridgehead atoms. The van der Waals surface area contributed by atoms with Gasteiger partial charge in [-0.25, -0.2) is 4.57 Å². The van der Waals surface area contributed by atoms with Gasteiger partial charge in [0.1, 0.15) is 19.8 Å². The number of likely N-dealkylation sites (N-methyl/N-ethyl adjacent to an activating group) is 1. The quantitative estimate of drug-likeness (QED) is 0.0221. The standard InChI is InChI=1S/C40H78NO8P/c1-6-8-10-12-14-16-18-19-20-21-23-25-27-29-31-33-40(43)49-38(37-48-50(44,45)47-35-34-41(3,4)5)36-46-39(42)32-30-28-26-24-22-17-15-13-11-9-7-2/h12,14,38H,6-11,13,15-37H2,1-5H3/p+1/b14-12+/t38-/m1/s1. The van der Waals surface area contributed by atoms with E-state index < -0.39 is 26.5 Å². The number of ether oxygens (including phenoxy) is 2. The van der Waals surface area contributed by atoms with E-state index in [9.17, 15) is 19.0 Å². The Bertz CT molecular complexity index is 876. The lowest BCUT2D eigenvalue weighted by molar-refractivity contribution is -0.870. The summed E-state index contributed by atoms with van der Waals surface area (Å²) in [4.78, 5) is 35.2. The van der Waals surface area contributed by atoms with Crippen LogP contribution in [0.4, 0.5) is 0 Å². The van der Waals surface area contributed by atoms with Crippen molar-refractivity contribution in [2.75, 3.05) is 47.5 Å². The number of carbonyl (C=O) groups is 2. The predicted molar refractivity (Wildman–Crippen MR) is 206 cm³/mol. The van der Waals surface area contributed by atoms with E-state index in [2.05, 4.69) is 26.0 Å². The minimum absolute atomic E-state index is 0.0342. The molecule has 2 atom stereocenters. The highest BCUT2D eigenvalue weighted by atomic mass is 31.2. The fourth-order valence-corrected chi connectivity index (χ4v) is 6.27. The van der Waals surface area contributed by atoms with E-state index in [1.807, 2.05) is 21.1 Å². The lowest BCUT2D eigenvalue weighted by atomic mass is 10.1. The molecule has 0 fully saturated rings. The van der Waals surface area contributed by atoms with Crippen LogP contribution in [0.1, 0.15) is 181 Å². The van der Waals surface area contributed by atoms with Crippen LogP contribution in [0.5, 0.6) is 0 Å². The van der Waals surface area contributed by atoms with Crippen molar-refractivity contribution >= 4 is 19.8 Å². The Hall–Kier alpha value is -1.25. The Morgan fingerprint density at radius 2 is 1.04 bits per heavy atom. The third-order valence-corrected chi connectivity index (χ3v) is 9.78. The first-order chi connectivity index (χ1) is 24.0. The van der Waals surface area contributed by atoms with E-state index in [1.54, 1.807) is 0 Å². The maximum absolute atomic E-state index is 12.6. The third-order valence-electron chi connectivity index (χ3n) is 8.80. The summed E-state index contributed by atoms with van der Waals surface area (Å²) in [7, 11) is 1.48. The van der Waals surface area contributed by atoms with Crippen molar-refractivity contribution in [1.29, 1.82) is 0 Å². The van der Waals surface area contributed by atoms with Crippen LogP contribution in [-0.2, 0) is 32.7 Å². The number of hydrogen-bond donors (Lipinski definition) is 1. The summed E-state index contributed by atoms with van der Waals surface area (Å²) >= 11 is 0. The Kier molecular flexibility index (Phi) is 32.7. The monoisotopic (exact) mass is 733 g/mol. The minimum atomic E-state index is -4.36. The van der Waals surface area contributed by atoms with Gasteiger partial charge in [0.05, 0.1) is 27.7 Å². The Morgan fingerprint density at radius 3 is 1.54 bits per heavy atom. The van der Waals surface area contributed by atoms with E-state index in [0.29, 0.717) is 23.9 Å². The largest absolute Gasteiger partial charge is 0.472 e. The summed E-state index contributed by atoms with van der Waals surface area (Å²) in [5, 5.41) is 0. The molecule has 0 aromatic rings. The number of quaternary nitrogens is 1. The van der Waals surface area contributed by atoms with Crippen LogP contribution < -0.4 is 0 Å². The molecular weight excluding hydrogens is 653 g/mol. The summed E-state index contributed by atoms with van der Waals surface area (Å²) in [5.41, 5.74) is 0. The molecule has 0 saturated carbocycles. The molecule has 1 unspecified atom stereocenters. The van der Waals surface area contributed by atoms with Gasteiger partial charge in [0.25, 0.3) is 0 Å². The number of unbranched alkanes of at least 4 members (excludes halogenated alkanes) is 21. The van der Waals surface area contributed by atoms with Crippen LogP contribution in [0.3, 0.4) is 0 Å². The van der Waals surface area contributed by atoms with Gasteiger partial charge in [-0.2, -0.15) is 0 Å². The zero-order chi connectivity index (χ0) is 37.2. The van der Waals surface area contributed by atoms with Crippen LogP contribution >= 0.6 is 7.82 Å². The molecule has 0 aliphatic rings. The van der Waals surface area contributed by atoms with Crippen molar-refractivity contribution in [3.8, 4) is 0 Å². The average molecular weight is 733 g/mol. The smallest absolute Gasteiger partial charge is 0.462 e. The van der Waals surface area contributed by atoms with Crippen molar-refractivity contribution in [2.45, 2.75) is 187 Å². The summed E-state index contributed by atoms with van der Waals surface area (Å²) in [6.45, 7) is 4.39. The molecule has 0 radical (unpaired) electrons. The molecular formula is C40H79NO8P+. The van der Waals surface area contributed by atoms with E-state index in [4.69, 9.17) is 18.5 Å². The molecule has 1 N–H and O–H groups in total. The number of hydrogen-bond acceptors (Lipinski definition) is 7. The van der Waals surface area contributed by atoms with Gasteiger partial charge in [0, 0.05) is 12.8 Å². The summed E-state index contributed by atoms with van der Waals surface area (Å²) < 4.78 is 34.2. The van der Waals surface area contributed by atoms with Crippen LogP contribution in [0.15, 0.2) is 12.2 Å².